The highest BCUT2D eigenvalue weighted by molar-refractivity contribution is 5.84. The summed E-state index contributed by atoms with van der Waals surface area (Å²) in [7, 11) is 0. The zero-order valence-electron chi connectivity index (χ0n) is 12.3. The monoisotopic (exact) mass is 290 g/mol. The van der Waals surface area contributed by atoms with Gasteiger partial charge in [-0.25, -0.2) is 0 Å². The molecule has 1 fully saturated rings. The third kappa shape index (κ3) is 2.95. The van der Waals surface area contributed by atoms with Crippen molar-refractivity contribution in [2.75, 3.05) is 26.2 Å². The van der Waals surface area contributed by atoms with Gasteiger partial charge in [0, 0.05) is 19.6 Å². The predicted octanol–water partition coefficient (Wildman–Crippen LogP) is 0.482. The molecule has 5 heteroatoms. The number of carbonyl (C=O) groups is 1. The van der Waals surface area contributed by atoms with Gasteiger partial charge in [-0.3, -0.25) is 4.79 Å². The first-order chi connectivity index (χ1) is 10.2. The van der Waals surface area contributed by atoms with E-state index in [9.17, 15) is 9.90 Å². The summed E-state index contributed by atoms with van der Waals surface area (Å²) in [6.45, 7) is 3.74. The van der Waals surface area contributed by atoms with Gasteiger partial charge in [-0.2, -0.15) is 0 Å². The van der Waals surface area contributed by atoms with E-state index in [1.807, 2.05) is 30.0 Å². The molecule has 1 saturated heterocycles. The lowest BCUT2D eigenvalue weighted by atomic mass is 9.93. The van der Waals surface area contributed by atoms with Crippen molar-refractivity contribution < 1.29 is 14.6 Å². The van der Waals surface area contributed by atoms with E-state index < -0.39 is 0 Å². The van der Waals surface area contributed by atoms with Crippen LogP contribution in [-0.2, 0) is 16.0 Å². The van der Waals surface area contributed by atoms with Gasteiger partial charge in [0.2, 0.25) is 5.91 Å². The van der Waals surface area contributed by atoms with E-state index >= 15 is 0 Å². The van der Waals surface area contributed by atoms with Crippen molar-refractivity contribution in [2.45, 2.75) is 31.6 Å². The van der Waals surface area contributed by atoms with Crippen molar-refractivity contribution >= 4 is 5.91 Å². The number of nitrogens with zero attached hydrogens (tertiary/aromatic N) is 1. The van der Waals surface area contributed by atoms with Crippen LogP contribution in [0.3, 0.4) is 0 Å². The Bertz CT molecular complexity index is 520. The Kier molecular flexibility index (Phi) is 4.24. The standard InChI is InChI=1S/C16H22N2O3/c1-11-8-18(9-13(10-19)21-11)16(20)15-14-5-3-2-4-12(14)6-7-17-15/h2-5,11,13,15,17,19H,6-10H2,1H3. The van der Waals surface area contributed by atoms with E-state index in [1.54, 1.807) is 0 Å². The van der Waals surface area contributed by atoms with Crippen molar-refractivity contribution in [1.82, 2.24) is 10.2 Å². The zero-order valence-corrected chi connectivity index (χ0v) is 12.3. The normalized spacial score (nSPS) is 29.0. The molecule has 2 aliphatic heterocycles. The lowest BCUT2D eigenvalue weighted by molar-refractivity contribution is -0.149. The molecule has 2 aliphatic rings. The average Bonchev–Trinajstić information content (AvgIpc) is 2.53. The van der Waals surface area contributed by atoms with E-state index in [0.717, 1.165) is 18.5 Å². The quantitative estimate of drug-likeness (QED) is 0.832. The molecule has 0 spiro atoms. The van der Waals surface area contributed by atoms with Gasteiger partial charge in [0.1, 0.15) is 6.04 Å². The Morgan fingerprint density at radius 1 is 1.43 bits per heavy atom. The molecule has 21 heavy (non-hydrogen) atoms. The van der Waals surface area contributed by atoms with Gasteiger partial charge >= 0.3 is 0 Å². The van der Waals surface area contributed by atoms with Gasteiger partial charge in [0.25, 0.3) is 0 Å². The Hall–Kier alpha value is -1.43. The molecule has 0 saturated carbocycles. The summed E-state index contributed by atoms with van der Waals surface area (Å²) in [5, 5.41) is 12.6. The number of aliphatic hydroxyl groups is 1. The molecule has 0 radical (unpaired) electrons. The van der Waals surface area contributed by atoms with Crippen LogP contribution >= 0.6 is 0 Å². The molecular formula is C16H22N2O3. The van der Waals surface area contributed by atoms with Crippen molar-refractivity contribution in [3.63, 3.8) is 0 Å². The predicted molar refractivity (Wildman–Crippen MR) is 78.9 cm³/mol. The van der Waals surface area contributed by atoms with Gasteiger partial charge in [0.15, 0.2) is 0 Å². The smallest absolute Gasteiger partial charge is 0.244 e. The van der Waals surface area contributed by atoms with E-state index in [0.29, 0.717) is 13.1 Å². The van der Waals surface area contributed by atoms with E-state index in [1.165, 1.54) is 5.56 Å². The second kappa shape index (κ2) is 6.13. The fraction of sp³-hybridized carbons (Fsp3) is 0.562. The highest BCUT2D eigenvalue weighted by Crippen LogP contribution is 2.25. The zero-order chi connectivity index (χ0) is 14.8. The molecule has 3 atom stereocenters. The number of carbonyl (C=O) groups excluding carboxylic acids is 1. The first kappa shape index (κ1) is 14.5. The number of amides is 1. The van der Waals surface area contributed by atoms with E-state index in [2.05, 4.69) is 11.4 Å². The molecule has 1 amide bonds. The fourth-order valence-corrected chi connectivity index (χ4v) is 3.23. The third-order valence-corrected chi connectivity index (χ3v) is 4.20. The Morgan fingerprint density at radius 2 is 2.24 bits per heavy atom. The van der Waals surface area contributed by atoms with Gasteiger partial charge < -0.3 is 20.1 Å². The topological polar surface area (TPSA) is 61.8 Å². The van der Waals surface area contributed by atoms with Gasteiger partial charge in [0.05, 0.1) is 18.8 Å². The number of aliphatic hydroxyl groups excluding tert-OH is 1. The second-order valence-electron chi connectivity index (χ2n) is 5.83. The van der Waals surface area contributed by atoms with Crippen LogP contribution in [0.25, 0.3) is 0 Å². The van der Waals surface area contributed by atoms with Gasteiger partial charge in [-0.05, 0) is 24.5 Å². The summed E-state index contributed by atoms with van der Waals surface area (Å²) >= 11 is 0. The van der Waals surface area contributed by atoms with Gasteiger partial charge in [-0.1, -0.05) is 24.3 Å². The van der Waals surface area contributed by atoms with Crippen LogP contribution in [0.5, 0.6) is 0 Å². The summed E-state index contributed by atoms with van der Waals surface area (Å²) in [6.07, 6.45) is 0.633. The maximum atomic E-state index is 12.8. The molecule has 0 aromatic heterocycles. The third-order valence-electron chi connectivity index (χ3n) is 4.20. The second-order valence-corrected chi connectivity index (χ2v) is 5.83. The highest BCUT2D eigenvalue weighted by atomic mass is 16.5. The van der Waals surface area contributed by atoms with Crippen LogP contribution in [0.2, 0.25) is 0 Å². The minimum absolute atomic E-state index is 0.0429. The van der Waals surface area contributed by atoms with Crippen LogP contribution in [-0.4, -0.2) is 54.4 Å². The van der Waals surface area contributed by atoms with Crippen molar-refractivity contribution in [2.24, 2.45) is 0 Å². The maximum absolute atomic E-state index is 12.8. The first-order valence-corrected chi connectivity index (χ1v) is 7.55. The van der Waals surface area contributed by atoms with Crippen molar-refractivity contribution in [3.8, 4) is 0 Å². The molecule has 3 rings (SSSR count). The number of fused-ring (bicyclic) bond motifs is 1. The summed E-state index contributed by atoms with van der Waals surface area (Å²) in [5.41, 5.74) is 2.32. The number of hydrogen-bond donors (Lipinski definition) is 2. The SMILES string of the molecule is CC1CN(C(=O)C2NCCc3ccccc32)CC(CO)O1. The van der Waals surface area contributed by atoms with Crippen LogP contribution < -0.4 is 5.32 Å². The Labute approximate surface area is 124 Å². The van der Waals surface area contributed by atoms with E-state index in [-0.39, 0.29) is 30.8 Å². The number of benzene rings is 1. The highest BCUT2D eigenvalue weighted by Gasteiger charge is 2.34. The lowest BCUT2D eigenvalue weighted by Gasteiger charge is -2.39. The van der Waals surface area contributed by atoms with Crippen LogP contribution in [0.15, 0.2) is 24.3 Å². The molecule has 2 N–H and O–H groups in total. The number of nitrogens with one attached hydrogen (secondary N) is 1. The Balaban J connectivity index is 1.79. The summed E-state index contributed by atoms with van der Waals surface area (Å²) in [6, 6.07) is 7.83. The van der Waals surface area contributed by atoms with E-state index in [4.69, 9.17) is 4.74 Å². The number of morpholine rings is 1. The summed E-state index contributed by atoms with van der Waals surface area (Å²) in [5.74, 6) is 0.0794. The van der Waals surface area contributed by atoms with Crippen molar-refractivity contribution in [1.29, 1.82) is 0 Å². The van der Waals surface area contributed by atoms with Crippen LogP contribution in [0.1, 0.15) is 24.1 Å². The number of hydrogen-bond acceptors (Lipinski definition) is 4. The molecule has 0 bridgehead atoms. The molecule has 1 aromatic carbocycles. The minimum Gasteiger partial charge on any atom is -0.394 e. The number of rotatable bonds is 2. The summed E-state index contributed by atoms with van der Waals surface area (Å²) in [4.78, 5) is 14.7. The molecular weight excluding hydrogens is 268 g/mol. The molecule has 3 unspecified atom stereocenters. The van der Waals surface area contributed by atoms with Crippen LogP contribution in [0, 0.1) is 0 Å². The fourth-order valence-electron chi connectivity index (χ4n) is 3.23. The lowest BCUT2D eigenvalue weighted by Crippen LogP contribution is -2.53. The van der Waals surface area contributed by atoms with Crippen LogP contribution in [0.4, 0.5) is 0 Å². The number of ether oxygens (including phenoxy) is 1. The maximum Gasteiger partial charge on any atom is 0.244 e. The molecule has 2 heterocycles. The van der Waals surface area contributed by atoms with Crippen molar-refractivity contribution in [3.05, 3.63) is 35.4 Å². The molecule has 5 nitrogen and oxygen atoms in total. The molecule has 0 aliphatic carbocycles. The minimum atomic E-state index is -0.281. The largest absolute Gasteiger partial charge is 0.394 e. The Morgan fingerprint density at radius 3 is 3.05 bits per heavy atom. The molecule has 1 aromatic rings. The van der Waals surface area contributed by atoms with Gasteiger partial charge in [-0.15, -0.1) is 0 Å². The molecule has 114 valence electrons. The average molecular weight is 290 g/mol. The first-order valence-electron chi connectivity index (χ1n) is 7.55. The summed E-state index contributed by atoms with van der Waals surface area (Å²) < 4.78 is 5.61.